The number of amides is 4. The molecule has 4 amide bonds. The SMILES string of the molecule is CC(=O)Oc1ccc([C@@H]2C(=O)N(C)C(=O)N2C(C)=O)cc1. The van der Waals surface area contributed by atoms with E-state index in [0.29, 0.717) is 11.3 Å². The number of rotatable bonds is 2. The molecule has 7 heteroatoms. The van der Waals surface area contributed by atoms with Crippen molar-refractivity contribution in [2.45, 2.75) is 19.9 Å². The summed E-state index contributed by atoms with van der Waals surface area (Å²) in [5.74, 6) is -1.12. The fourth-order valence-electron chi connectivity index (χ4n) is 2.15. The van der Waals surface area contributed by atoms with Gasteiger partial charge in [0.15, 0.2) is 0 Å². The van der Waals surface area contributed by atoms with Gasteiger partial charge in [-0.05, 0) is 17.7 Å². The van der Waals surface area contributed by atoms with E-state index in [2.05, 4.69) is 0 Å². The lowest BCUT2D eigenvalue weighted by atomic mass is 10.1. The van der Waals surface area contributed by atoms with Gasteiger partial charge in [-0.2, -0.15) is 0 Å². The molecular formula is C14H14N2O5. The summed E-state index contributed by atoms with van der Waals surface area (Å²) in [7, 11) is 1.33. The molecule has 1 aliphatic heterocycles. The quantitative estimate of drug-likeness (QED) is 0.462. The number of carbonyl (C=O) groups is 4. The fourth-order valence-corrected chi connectivity index (χ4v) is 2.15. The summed E-state index contributed by atoms with van der Waals surface area (Å²) in [5, 5.41) is 0. The Morgan fingerprint density at radius 3 is 2.14 bits per heavy atom. The first-order valence-electron chi connectivity index (χ1n) is 6.22. The molecule has 0 bridgehead atoms. The maximum absolute atomic E-state index is 12.1. The molecule has 0 unspecified atom stereocenters. The minimum Gasteiger partial charge on any atom is -0.427 e. The third kappa shape index (κ3) is 2.62. The predicted molar refractivity (Wildman–Crippen MR) is 71.2 cm³/mol. The molecule has 1 fully saturated rings. The van der Waals surface area contributed by atoms with Gasteiger partial charge in [0.2, 0.25) is 5.91 Å². The summed E-state index contributed by atoms with van der Waals surface area (Å²) in [6, 6.07) is 4.47. The number of esters is 1. The van der Waals surface area contributed by atoms with Crippen LogP contribution in [0, 0.1) is 0 Å². The van der Waals surface area contributed by atoms with Crippen LogP contribution < -0.4 is 4.74 Å². The Morgan fingerprint density at radius 1 is 1.10 bits per heavy atom. The second kappa shape index (κ2) is 5.35. The highest BCUT2D eigenvalue weighted by Crippen LogP contribution is 2.31. The van der Waals surface area contributed by atoms with Crippen molar-refractivity contribution >= 4 is 23.8 Å². The Hall–Kier alpha value is -2.70. The van der Waals surface area contributed by atoms with Crippen molar-refractivity contribution in [3.05, 3.63) is 29.8 Å². The van der Waals surface area contributed by atoms with Crippen LogP contribution in [0.1, 0.15) is 25.5 Å². The topological polar surface area (TPSA) is 84.0 Å². The molecule has 1 atom stereocenters. The number of imide groups is 2. The van der Waals surface area contributed by atoms with Gasteiger partial charge in [0.1, 0.15) is 11.8 Å². The molecule has 0 spiro atoms. The van der Waals surface area contributed by atoms with Crippen LogP contribution in [0.2, 0.25) is 0 Å². The Labute approximate surface area is 121 Å². The van der Waals surface area contributed by atoms with Crippen LogP contribution in [0.25, 0.3) is 0 Å². The number of ether oxygens (including phenoxy) is 1. The summed E-state index contributed by atoms with van der Waals surface area (Å²) >= 11 is 0. The number of hydrogen-bond donors (Lipinski definition) is 0. The summed E-state index contributed by atoms with van der Waals surface area (Å²) in [4.78, 5) is 48.3. The van der Waals surface area contributed by atoms with Gasteiger partial charge in [-0.25, -0.2) is 9.69 Å². The van der Waals surface area contributed by atoms with Crippen molar-refractivity contribution in [1.82, 2.24) is 9.80 Å². The van der Waals surface area contributed by atoms with Gasteiger partial charge in [0.05, 0.1) is 0 Å². The molecule has 0 radical (unpaired) electrons. The lowest BCUT2D eigenvalue weighted by molar-refractivity contribution is -0.133. The van der Waals surface area contributed by atoms with Crippen LogP contribution >= 0.6 is 0 Å². The normalized spacial score (nSPS) is 18.1. The van der Waals surface area contributed by atoms with E-state index in [1.54, 1.807) is 12.1 Å². The maximum atomic E-state index is 12.1. The van der Waals surface area contributed by atoms with E-state index in [-0.39, 0.29) is 0 Å². The molecule has 1 aromatic carbocycles. The van der Waals surface area contributed by atoms with Gasteiger partial charge in [0.25, 0.3) is 5.91 Å². The molecule has 110 valence electrons. The van der Waals surface area contributed by atoms with E-state index >= 15 is 0 Å². The average molecular weight is 290 g/mol. The van der Waals surface area contributed by atoms with Crippen LogP contribution in [0.3, 0.4) is 0 Å². The van der Waals surface area contributed by atoms with Crippen LogP contribution in [0.15, 0.2) is 24.3 Å². The lowest BCUT2D eigenvalue weighted by Gasteiger charge is -2.18. The molecule has 0 saturated carbocycles. The highest BCUT2D eigenvalue weighted by Gasteiger charge is 2.46. The van der Waals surface area contributed by atoms with Gasteiger partial charge >= 0.3 is 12.0 Å². The third-order valence-electron chi connectivity index (χ3n) is 3.11. The van der Waals surface area contributed by atoms with Crippen molar-refractivity contribution < 1.29 is 23.9 Å². The first-order valence-corrected chi connectivity index (χ1v) is 6.22. The van der Waals surface area contributed by atoms with Crippen molar-refractivity contribution in [3.8, 4) is 5.75 Å². The van der Waals surface area contributed by atoms with E-state index < -0.39 is 29.9 Å². The highest BCUT2D eigenvalue weighted by atomic mass is 16.5. The number of likely N-dealkylation sites (N-methyl/N-ethyl adjacent to an activating group) is 1. The summed E-state index contributed by atoms with van der Waals surface area (Å²) in [5.41, 5.74) is 0.476. The van der Waals surface area contributed by atoms with E-state index in [0.717, 1.165) is 9.80 Å². The molecule has 1 heterocycles. The number of urea groups is 1. The number of carbonyl (C=O) groups excluding carboxylic acids is 4. The summed E-state index contributed by atoms with van der Waals surface area (Å²) < 4.78 is 4.89. The zero-order chi connectivity index (χ0) is 15.7. The number of benzene rings is 1. The van der Waals surface area contributed by atoms with Crippen molar-refractivity contribution in [3.63, 3.8) is 0 Å². The minimum absolute atomic E-state index is 0.325. The zero-order valence-corrected chi connectivity index (χ0v) is 11.8. The van der Waals surface area contributed by atoms with E-state index in [4.69, 9.17) is 4.74 Å². The summed E-state index contributed by atoms with van der Waals surface area (Å²) in [6.07, 6.45) is 0. The van der Waals surface area contributed by atoms with Crippen molar-refractivity contribution in [2.24, 2.45) is 0 Å². The van der Waals surface area contributed by atoms with Gasteiger partial charge in [-0.1, -0.05) is 12.1 Å². The fraction of sp³-hybridized carbons (Fsp3) is 0.286. The van der Waals surface area contributed by atoms with E-state index in [9.17, 15) is 19.2 Å². The molecule has 2 rings (SSSR count). The van der Waals surface area contributed by atoms with E-state index in [1.807, 2.05) is 0 Å². The number of nitrogens with zero attached hydrogens (tertiary/aromatic N) is 2. The van der Waals surface area contributed by atoms with Gasteiger partial charge in [-0.15, -0.1) is 0 Å². The van der Waals surface area contributed by atoms with Gasteiger partial charge < -0.3 is 4.74 Å². The second-order valence-electron chi connectivity index (χ2n) is 4.63. The minimum atomic E-state index is -0.980. The lowest BCUT2D eigenvalue weighted by Crippen LogP contribution is -2.34. The first kappa shape index (κ1) is 14.7. The Kier molecular flexibility index (Phi) is 3.75. The Morgan fingerprint density at radius 2 is 1.67 bits per heavy atom. The Bertz CT molecular complexity index is 623. The largest absolute Gasteiger partial charge is 0.427 e. The number of hydrogen-bond acceptors (Lipinski definition) is 5. The third-order valence-corrected chi connectivity index (χ3v) is 3.11. The zero-order valence-electron chi connectivity index (χ0n) is 11.8. The molecular weight excluding hydrogens is 276 g/mol. The second-order valence-corrected chi connectivity index (χ2v) is 4.63. The van der Waals surface area contributed by atoms with Gasteiger partial charge in [-0.3, -0.25) is 19.3 Å². The summed E-state index contributed by atoms with van der Waals surface area (Å²) in [6.45, 7) is 2.50. The standard InChI is InChI=1S/C14H14N2O5/c1-8(17)16-12(13(19)15(3)14(16)20)10-4-6-11(7-5-10)21-9(2)18/h4-7,12H,1-3H3/t12-/m1/s1. The molecule has 7 nitrogen and oxygen atoms in total. The smallest absolute Gasteiger partial charge is 0.334 e. The predicted octanol–water partition coefficient (Wildman–Crippen LogP) is 1.09. The highest BCUT2D eigenvalue weighted by molar-refractivity contribution is 6.11. The van der Waals surface area contributed by atoms with Crippen LogP contribution in [0.4, 0.5) is 4.79 Å². The van der Waals surface area contributed by atoms with E-state index in [1.165, 1.54) is 33.0 Å². The molecule has 0 aromatic heterocycles. The average Bonchev–Trinajstić information content (AvgIpc) is 2.63. The first-order chi connectivity index (χ1) is 9.82. The van der Waals surface area contributed by atoms with Crippen LogP contribution in [-0.4, -0.2) is 40.7 Å². The molecule has 0 N–H and O–H groups in total. The maximum Gasteiger partial charge on any atom is 0.334 e. The Balaban J connectivity index is 2.35. The van der Waals surface area contributed by atoms with Crippen LogP contribution in [0.5, 0.6) is 5.75 Å². The van der Waals surface area contributed by atoms with Crippen LogP contribution in [-0.2, 0) is 14.4 Å². The van der Waals surface area contributed by atoms with Crippen molar-refractivity contribution in [1.29, 1.82) is 0 Å². The monoisotopic (exact) mass is 290 g/mol. The molecule has 1 saturated heterocycles. The molecule has 21 heavy (non-hydrogen) atoms. The van der Waals surface area contributed by atoms with Crippen molar-refractivity contribution in [2.75, 3.05) is 7.05 Å². The molecule has 1 aliphatic rings. The van der Waals surface area contributed by atoms with Gasteiger partial charge in [0, 0.05) is 20.9 Å². The molecule has 0 aliphatic carbocycles. The molecule has 1 aromatic rings.